The Morgan fingerprint density at radius 1 is 1.64 bits per heavy atom. The first-order chi connectivity index (χ1) is 5.14. The summed E-state index contributed by atoms with van der Waals surface area (Å²) < 4.78 is 21.7. The minimum atomic E-state index is -2.82. The van der Waals surface area contributed by atoms with Gasteiger partial charge in [0.25, 0.3) is 0 Å². The summed E-state index contributed by atoms with van der Waals surface area (Å²) in [6.45, 7) is 1.73. The van der Waals surface area contributed by atoms with E-state index in [4.69, 9.17) is 4.84 Å². The molecule has 0 saturated carbocycles. The van der Waals surface area contributed by atoms with Gasteiger partial charge in [-0.3, -0.25) is 0 Å². The van der Waals surface area contributed by atoms with Gasteiger partial charge < -0.3 is 4.84 Å². The third-order valence-electron chi connectivity index (χ3n) is 1.51. The zero-order valence-corrected chi connectivity index (χ0v) is 7.17. The molecule has 64 valence electrons. The first-order valence-corrected chi connectivity index (χ1v) is 5.30. The molecule has 0 aromatic heterocycles. The highest BCUT2D eigenvalue weighted by molar-refractivity contribution is 7.91. The molecule has 0 radical (unpaired) electrons. The first-order valence-electron chi connectivity index (χ1n) is 3.48. The quantitative estimate of drug-likeness (QED) is 0.447. The molecular formula is C6H11NO3S. The van der Waals surface area contributed by atoms with Crippen molar-refractivity contribution in [3.8, 4) is 0 Å². The maximum atomic E-state index is 10.9. The van der Waals surface area contributed by atoms with E-state index < -0.39 is 9.84 Å². The first kappa shape index (κ1) is 8.52. The monoisotopic (exact) mass is 177 g/mol. The fourth-order valence-corrected chi connectivity index (χ4v) is 2.57. The van der Waals surface area contributed by atoms with E-state index in [2.05, 4.69) is 5.16 Å². The molecule has 1 aliphatic rings. The van der Waals surface area contributed by atoms with Gasteiger partial charge in [-0.1, -0.05) is 5.16 Å². The van der Waals surface area contributed by atoms with E-state index in [0.717, 1.165) is 0 Å². The molecule has 1 atom stereocenters. The predicted octanol–water partition coefficient (Wildman–Crippen LogP) is 0.196. The van der Waals surface area contributed by atoms with Crippen molar-refractivity contribution in [1.29, 1.82) is 0 Å². The molecule has 1 rings (SSSR count). The van der Waals surface area contributed by atoms with Crippen LogP contribution in [0.3, 0.4) is 0 Å². The smallest absolute Gasteiger partial charge is 0.154 e. The van der Waals surface area contributed by atoms with Crippen LogP contribution in [-0.2, 0) is 14.7 Å². The molecule has 0 aromatic carbocycles. The topological polar surface area (TPSA) is 55.7 Å². The molecule has 1 unspecified atom stereocenters. The summed E-state index contributed by atoms with van der Waals surface area (Å²) >= 11 is 0. The number of sulfone groups is 1. The summed E-state index contributed by atoms with van der Waals surface area (Å²) in [5.41, 5.74) is 0. The maximum absolute atomic E-state index is 10.9. The second-order valence-electron chi connectivity index (χ2n) is 2.49. The van der Waals surface area contributed by atoms with Crippen molar-refractivity contribution in [3.05, 3.63) is 0 Å². The van der Waals surface area contributed by atoms with Gasteiger partial charge in [0.1, 0.15) is 6.10 Å². The lowest BCUT2D eigenvalue weighted by Gasteiger charge is -2.02. The van der Waals surface area contributed by atoms with Gasteiger partial charge in [0.15, 0.2) is 9.84 Å². The van der Waals surface area contributed by atoms with E-state index in [-0.39, 0.29) is 17.6 Å². The third-order valence-corrected chi connectivity index (χ3v) is 3.24. The molecule has 0 aliphatic carbocycles. The fourth-order valence-electron chi connectivity index (χ4n) is 0.991. The Morgan fingerprint density at radius 3 is 2.82 bits per heavy atom. The molecule has 0 bridgehead atoms. The van der Waals surface area contributed by atoms with Crippen LogP contribution in [0.1, 0.15) is 13.3 Å². The van der Waals surface area contributed by atoms with E-state index >= 15 is 0 Å². The maximum Gasteiger partial charge on any atom is 0.154 e. The summed E-state index contributed by atoms with van der Waals surface area (Å²) in [6, 6.07) is 0. The SMILES string of the molecule is C/C=N\OC1CCS(=O)(=O)C1. The van der Waals surface area contributed by atoms with Crippen LogP contribution in [0.15, 0.2) is 5.16 Å². The molecule has 1 saturated heterocycles. The lowest BCUT2D eigenvalue weighted by molar-refractivity contribution is 0.0788. The highest BCUT2D eigenvalue weighted by Gasteiger charge is 2.29. The van der Waals surface area contributed by atoms with Crippen molar-refractivity contribution in [2.24, 2.45) is 5.16 Å². The zero-order valence-electron chi connectivity index (χ0n) is 6.36. The van der Waals surface area contributed by atoms with E-state index in [1.54, 1.807) is 6.92 Å². The van der Waals surface area contributed by atoms with E-state index in [9.17, 15) is 8.42 Å². The summed E-state index contributed by atoms with van der Waals surface area (Å²) in [5, 5.41) is 3.53. The Bertz CT molecular complexity index is 245. The van der Waals surface area contributed by atoms with Crippen LogP contribution in [0.5, 0.6) is 0 Å². The molecule has 0 N–H and O–H groups in total. The van der Waals surface area contributed by atoms with Crippen molar-refractivity contribution in [1.82, 2.24) is 0 Å². The Labute approximate surface area is 66.1 Å². The van der Waals surface area contributed by atoms with Gasteiger partial charge >= 0.3 is 0 Å². The molecule has 0 spiro atoms. The standard InChI is InChI=1S/C6H11NO3S/c1-2-7-10-6-3-4-11(8,9)5-6/h2,6H,3-5H2,1H3/b7-2-. The van der Waals surface area contributed by atoms with Crippen molar-refractivity contribution in [2.75, 3.05) is 11.5 Å². The Balaban J connectivity index is 2.43. The number of oxime groups is 1. The van der Waals surface area contributed by atoms with E-state index in [1.807, 2.05) is 0 Å². The van der Waals surface area contributed by atoms with Crippen LogP contribution in [0.4, 0.5) is 0 Å². The lowest BCUT2D eigenvalue weighted by atomic mass is 10.3. The summed E-state index contributed by atoms with van der Waals surface area (Å²) in [7, 11) is -2.82. The van der Waals surface area contributed by atoms with Crippen molar-refractivity contribution < 1.29 is 13.3 Å². The Morgan fingerprint density at radius 2 is 2.36 bits per heavy atom. The van der Waals surface area contributed by atoms with Crippen molar-refractivity contribution in [3.63, 3.8) is 0 Å². The lowest BCUT2D eigenvalue weighted by Crippen LogP contribution is -2.11. The fraction of sp³-hybridized carbons (Fsp3) is 0.833. The van der Waals surface area contributed by atoms with E-state index in [0.29, 0.717) is 6.42 Å². The largest absolute Gasteiger partial charge is 0.392 e. The van der Waals surface area contributed by atoms with Gasteiger partial charge in [0.2, 0.25) is 0 Å². The van der Waals surface area contributed by atoms with Crippen LogP contribution in [-0.4, -0.2) is 32.2 Å². The minimum Gasteiger partial charge on any atom is -0.392 e. The molecule has 0 amide bonds. The zero-order chi connectivity index (χ0) is 8.32. The van der Waals surface area contributed by atoms with Crippen LogP contribution in [0, 0.1) is 0 Å². The van der Waals surface area contributed by atoms with Gasteiger partial charge in [0.05, 0.1) is 11.5 Å². The number of nitrogens with zero attached hydrogens (tertiary/aromatic N) is 1. The van der Waals surface area contributed by atoms with Crippen molar-refractivity contribution >= 4 is 16.1 Å². The highest BCUT2D eigenvalue weighted by Crippen LogP contribution is 2.14. The van der Waals surface area contributed by atoms with Crippen LogP contribution in [0.25, 0.3) is 0 Å². The second-order valence-corrected chi connectivity index (χ2v) is 4.72. The van der Waals surface area contributed by atoms with Gasteiger partial charge in [-0.2, -0.15) is 0 Å². The Hall–Kier alpha value is -0.580. The number of hydrogen-bond acceptors (Lipinski definition) is 4. The molecule has 0 aromatic rings. The van der Waals surface area contributed by atoms with Gasteiger partial charge in [-0.15, -0.1) is 0 Å². The second kappa shape index (κ2) is 3.21. The Kier molecular flexibility index (Phi) is 2.49. The summed E-state index contributed by atoms with van der Waals surface area (Å²) in [4.78, 5) is 4.88. The number of rotatable bonds is 2. The average Bonchev–Trinajstić information content (AvgIpc) is 2.26. The van der Waals surface area contributed by atoms with Crippen LogP contribution >= 0.6 is 0 Å². The predicted molar refractivity (Wildman–Crippen MR) is 42.3 cm³/mol. The summed E-state index contributed by atoms with van der Waals surface area (Å²) in [6.07, 6.45) is 1.85. The normalized spacial score (nSPS) is 29.4. The van der Waals surface area contributed by atoms with Crippen LogP contribution < -0.4 is 0 Å². The molecule has 4 nitrogen and oxygen atoms in total. The van der Waals surface area contributed by atoms with E-state index in [1.165, 1.54) is 6.21 Å². The average molecular weight is 177 g/mol. The van der Waals surface area contributed by atoms with Crippen LogP contribution in [0.2, 0.25) is 0 Å². The van der Waals surface area contributed by atoms with Gasteiger partial charge in [-0.25, -0.2) is 8.42 Å². The molecule has 11 heavy (non-hydrogen) atoms. The summed E-state index contributed by atoms with van der Waals surface area (Å²) in [5.74, 6) is 0.348. The minimum absolute atomic E-state index is 0.115. The van der Waals surface area contributed by atoms with Gasteiger partial charge in [-0.05, 0) is 6.92 Å². The molecule has 5 heteroatoms. The molecule has 1 aliphatic heterocycles. The molecular weight excluding hydrogens is 166 g/mol. The highest BCUT2D eigenvalue weighted by atomic mass is 32.2. The number of hydrogen-bond donors (Lipinski definition) is 0. The third kappa shape index (κ3) is 2.49. The molecule has 1 fully saturated rings. The van der Waals surface area contributed by atoms with Crippen molar-refractivity contribution in [2.45, 2.75) is 19.4 Å². The van der Waals surface area contributed by atoms with Gasteiger partial charge in [0, 0.05) is 12.6 Å². The molecule has 1 heterocycles.